The molecule has 2 aromatic carbocycles. The number of amidine groups is 1. The fourth-order valence-electron chi connectivity index (χ4n) is 4.30. The van der Waals surface area contributed by atoms with Gasteiger partial charge in [-0.3, -0.25) is 19.4 Å². The van der Waals surface area contributed by atoms with E-state index in [4.69, 9.17) is 0 Å². The lowest BCUT2D eigenvalue weighted by molar-refractivity contribution is -0.117. The van der Waals surface area contributed by atoms with Crippen molar-refractivity contribution in [3.05, 3.63) is 59.7 Å². The number of hydrogen-bond acceptors (Lipinski definition) is 6. The normalized spacial score (nSPS) is 17.5. The molecule has 33 heavy (non-hydrogen) atoms. The van der Waals surface area contributed by atoms with Crippen LogP contribution in [0.25, 0.3) is 0 Å². The summed E-state index contributed by atoms with van der Waals surface area (Å²) in [4.78, 5) is 19.0. The average molecular weight is 471 g/mol. The molecule has 1 fully saturated rings. The van der Waals surface area contributed by atoms with Crippen molar-refractivity contribution < 1.29 is 18.3 Å². The Kier molecular flexibility index (Phi) is 7.42. The van der Waals surface area contributed by atoms with Crippen LogP contribution in [-0.2, 0) is 21.4 Å². The minimum atomic E-state index is -3.72. The van der Waals surface area contributed by atoms with Crippen molar-refractivity contribution in [3.63, 3.8) is 0 Å². The Labute approximate surface area is 194 Å². The van der Waals surface area contributed by atoms with Crippen LogP contribution in [0.1, 0.15) is 42.7 Å². The molecule has 2 aromatic rings. The molecule has 0 radical (unpaired) electrons. The van der Waals surface area contributed by atoms with E-state index in [9.17, 15) is 18.3 Å². The monoisotopic (exact) mass is 470 g/mol. The zero-order chi connectivity index (χ0) is 23.3. The number of carbonyl (C=O) groups excluding carboxylic acids is 1. The maximum Gasteiger partial charge on any atom is 0.262 e. The highest BCUT2D eigenvalue weighted by molar-refractivity contribution is 7.90. The topological polar surface area (TPSA) is 111 Å². The number of rotatable bonds is 7. The number of likely N-dealkylation sites (tertiary alicyclic amines) is 1. The lowest BCUT2D eigenvalue weighted by Gasteiger charge is -2.31. The Morgan fingerprint density at radius 1 is 1.12 bits per heavy atom. The van der Waals surface area contributed by atoms with E-state index in [-0.39, 0.29) is 24.0 Å². The Balaban J connectivity index is 1.29. The van der Waals surface area contributed by atoms with Gasteiger partial charge in [-0.05, 0) is 67.6 Å². The van der Waals surface area contributed by atoms with Gasteiger partial charge in [0.25, 0.3) is 10.0 Å². The number of benzene rings is 2. The number of aliphatic imine (C=N–C) groups is 1. The van der Waals surface area contributed by atoms with E-state index in [1.807, 2.05) is 12.1 Å². The van der Waals surface area contributed by atoms with Crippen LogP contribution in [0.4, 0.5) is 5.69 Å². The van der Waals surface area contributed by atoms with Crippen molar-refractivity contribution in [2.24, 2.45) is 4.99 Å². The number of nitrogens with zero attached hydrogens (tertiary/aromatic N) is 2. The van der Waals surface area contributed by atoms with Gasteiger partial charge in [-0.15, -0.1) is 0 Å². The predicted molar refractivity (Wildman–Crippen MR) is 128 cm³/mol. The predicted octanol–water partition coefficient (Wildman–Crippen LogP) is 2.47. The summed E-state index contributed by atoms with van der Waals surface area (Å²) in [5, 5.41) is 12.0. The molecule has 2 heterocycles. The van der Waals surface area contributed by atoms with Crippen molar-refractivity contribution in [3.8, 4) is 0 Å². The maximum atomic E-state index is 12.6. The SMILES string of the molecule is O=C(CN1CCC(c2ccc(CO)cc2)CC1)Nc1cccc(S(=O)(=O)NC2=NCCC2)c1. The van der Waals surface area contributed by atoms with E-state index in [0.717, 1.165) is 37.9 Å². The molecule has 2 aliphatic heterocycles. The molecule has 1 amide bonds. The molecule has 1 saturated heterocycles. The lowest BCUT2D eigenvalue weighted by atomic mass is 9.89. The number of hydrogen-bond donors (Lipinski definition) is 3. The molecule has 8 nitrogen and oxygen atoms in total. The number of aliphatic hydroxyl groups is 1. The van der Waals surface area contributed by atoms with Crippen molar-refractivity contribution in [2.45, 2.75) is 43.1 Å². The first-order chi connectivity index (χ1) is 15.9. The van der Waals surface area contributed by atoms with E-state index in [2.05, 4.69) is 32.1 Å². The molecule has 0 aromatic heterocycles. The zero-order valence-electron chi connectivity index (χ0n) is 18.5. The molecular formula is C24H30N4O4S. The molecule has 0 bridgehead atoms. The number of carbonyl (C=O) groups is 1. The second-order valence-electron chi connectivity index (χ2n) is 8.56. The maximum absolute atomic E-state index is 12.6. The highest BCUT2D eigenvalue weighted by atomic mass is 32.2. The van der Waals surface area contributed by atoms with Crippen molar-refractivity contribution in [1.29, 1.82) is 0 Å². The van der Waals surface area contributed by atoms with Gasteiger partial charge in [-0.1, -0.05) is 30.3 Å². The Morgan fingerprint density at radius 3 is 2.55 bits per heavy atom. The first-order valence-corrected chi connectivity index (χ1v) is 12.8. The molecule has 4 rings (SSSR count). The quantitative estimate of drug-likeness (QED) is 0.576. The number of anilines is 1. The molecule has 9 heteroatoms. The fraction of sp³-hybridized carbons (Fsp3) is 0.417. The number of nitrogens with one attached hydrogen (secondary N) is 2. The van der Waals surface area contributed by atoms with Gasteiger partial charge < -0.3 is 10.4 Å². The summed E-state index contributed by atoms with van der Waals surface area (Å²) in [5.41, 5.74) is 2.63. The van der Waals surface area contributed by atoms with Crippen molar-refractivity contribution >= 4 is 27.5 Å². The fourth-order valence-corrected chi connectivity index (χ4v) is 5.44. The molecule has 0 aliphatic carbocycles. The van der Waals surface area contributed by atoms with Crippen LogP contribution < -0.4 is 10.0 Å². The van der Waals surface area contributed by atoms with Gasteiger partial charge in [0.05, 0.1) is 18.0 Å². The second-order valence-corrected chi connectivity index (χ2v) is 10.2. The summed E-state index contributed by atoms with van der Waals surface area (Å²) in [7, 11) is -3.72. The van der Waals surface area contributed by atoms with Crippen molar-refractivity contribution in [2.75, 3.05) is 31.5 Å². The van der Waals surface area contributed by atoms with Crippen LogP contribution in [0.5, 0.6) is 0 Å². The first kappa shape index (κ1) is 23.4. The second kappa shape index (κ2) is 10.5. The van der Waals surface area contributed by atoms with E-state index in [1.165, 1.54) is 17.7 Å². The van der Waals surface area contributed by atoms with Crippen LogP contribution in [0.3, 0.4) is 0 Å². The molecule has 2 aliphatic rings. The minimum absolute atomic E-state index is 0.0501. The molecule has 0 spiro atoms. The van der Waals surface area contributed by atoms with Crippen LogP contribution in [0, 0.1) is 0 Å². The summed E-state index contributed by atoms with van der Waals surface area (Å²) in [5.74, 6) is 0.775. The molecule has 176 valence electrons. The number of amides is 1. The van der Waals surface area contributed by atoms with Gasteiger partial charge in [0, 0.05) is 18.7 Å². The van der Waals surface area contributed by atoms with E-state index >= 15 is 0 Å². The first-order valence-electron chi connectivity index (χ1n) is 11.3. The van der Waals surface area contributed by atoms with Gasteiger partial charge in [0.15, 0.2) is 0 Å². The van der Waals surface area contributed by atoms with Gasteiger partial charge in [-0.2, -0.15) is 0 Å². The van der Waals surface area contributed by atoms with Gasteiger partial charge in [0.1, 0.15) is 5.84 Å². The molecule has 0 unspecified atom stereocenters. The van der Waals surface area contributed by atoms with Gasteiger partial charge in [-0.25, -0.2) is 8.42 Å². The summed E-state index contributed by atoms with van der Waals surface area (Å²) >= 11 is 0. The van der Waals surface area contributed by atoms with Gasteiger partial charge >= 0.3 is 0 Å². The Hall–Kier alpha value is -2.75. The largest absolute Gasteiger partial charge is 0.392 e. The summed E-state index contributed by atoms with van der Waals surface area (Å²) < 4.78 is 27.7. The lowest BCUT2D eigenvalue weighted by Crippen LogP contribution is -2.38. The van der Waals surface area contributed by atoms with Gasteiger partial charge in [0.2, 0.25) is 5.91 Å². The highest BCUT2D eigenvalue weighted by Gasteiger charge is 2.23. The Morgan fingerprint density at radius 2 is 1.88 bits per heavy atom. The smallest absolute Gasteiger partial charge is 0.262 e. The highest BCUT2D eigenvalue weighted by Crippen LogP contribution is 2.28. The summed E-state index contributed by atoms with van der Waals surface area (Å²) in [6.45, 7) is 2.60. The third-order valence-electron chi connectivity index (χ3n) is 6.14. The van der Waals surface area contributed by atoms with Crippen molar-refractivity contribution in [1.82, 2.24) is 9.62 Å². The number of aliphatic hydroxyl groups excluding tert-OH is 1. The third-order valence-corrected chi connectivity index (χ3v) is 7.52. The van der Waals surface area contributed by atoms with E-state index in [0.29, 0.717) is 30.4 Å². The van der Waals surface area contributed by atoms with E-state index < -0.39 is 10.0 Å². The minimum Gasteiger partial charge on any atom is -0.392 e. The molecule has 3 N–H and O–H groups in total. The van der Waals surface area contributed by atoms with E-state index in [1.54, 1.807) is 12.1 Å². The Bertz CT molecular complexity index is 1110. The molecule has 0 atom stereocenters. The standard InChI is InChI=1S/C24H30N4O4S/c29-17-18-6-8-19(9-7-18)20-10-13-28(14-11-20)16-24(30)26-21-3-1-4-22(15-21)33(31,32)27-23-5-2-12-25-23/h1,3-4,6-9,15,20,29H,2,5,10-14,16-17H2,(H,25,27)(H,26,30). The number of sulfonamides is 1. The zero-order valence-corrected chi connectivity index (χ0v) is 19.4. The van der Waals surface area contributed by atoms with Crippen LogP contribution in [0.2, 0.25) is 0 Å². The van der Waals surface area contributed by atoms with Crippen LogP contribution >= 0.6 is 0 Å². The summed E-state index contributed by atoms with van der Waals surface area (Å²) in [6.07, 6.45) is 3.41. The number of piperidine rings is 1. The van der Waals surface area contributed by atoms with Crippen LogP contribution in [-0.4, -0.2) is 56.3 Å². The van der Waals surface area contributed by atoms with Crippen LogP contribution in [0.15, 0.2) is 58.4 Å². The average Bonchev–Trinajstić information content (AvgIpc) is 3.32. The molecule has 0 saturated carbocycles. The third kappa shape index (κ3) is 6.19. The molecular weight excluding hydrogens is 440 g/mol. The summed E-state index contributed by atoms with van der Waals surface area (Å²) in [6, 6.07) is 14.4.